The predicted molar refractivity (Wildman–Crippen MR) is 44.9 cm³/mol. The first kappa shape index (κ1) is 10.4. The summed E-state index contributed by atoms with van der Waals surface area (Å²) in [6.07, 6.45) is 1.58. The molecule has 0 heterocycles. The lowest BCUT2D eigenvalue weighted by Gasteiger charge is -2.34. The van der Waals surface area contributed by atoms with Crippen molar-refractivity contribution < 1.29 is 5.11 Å². The minimum atomic E-state index is -0.865. The van der Waals surface area contributed by atoms with Crippen molar-refractivity contribution in [2.45, 2.75) is 46.1 Å². The van der Waals surface area contributed by atoms with Crippen LogP contribution in [0.2, 0.25) is 0 Å². The number of aliphatic hydroxyl groups is 1. The Morgan fingerprint density at radius 3 is 2.09 bits per heavy atom. The van der Waals surface area contributed by atoms with Crippen molar-refractivity contribution in [3.8, 4) is 6.07 Å². The highest BCUT2D eigenvalue weighted by molar-refractivity contribution is 5.04. The molecule has 11 heavy (non-hydrogen) atoms. The summed E-state index contributed by atoms with van der Waals surface area (Å²) in [6.45, 7) is 7.26. The molecular weight excluding hydrogens is 138 g/mol. The first-order valence-electron chi connectivity index (χ1n) is 4.01. The molecule has 0 amide bonds. The molecule has 2 heteroatoms. The van der Waals surface area contributed by atoms with E-state index in [-0.39, 0.29) is 0 Å². The van der Waals surface area contributed by atoms with Crippen LogP contribution >= 0.6 is 0 Å². The summed E-state index contributed by atoms with van der Waals surface area (Å²) >= 11 is 0. The Bertz CT molecular complexity index is 165. The molecule has 0 radical (unpaired) electrons. The van der Waals surface area contributed by atoms with Crippen LogP contribution in [0.5, 0.6) is 0 Å². The van der Waals surface area contributed by atoms with Gasteiger partial charge in [-0.25, -0.2) is 0 Å². The lowest BCUT2D eigenvalue weighted by Crippen LogP contribution is -2.40. The van der Waals surface area contributed by atoms with Crippen LogP contribution < -0.4 is 0 Å². The second-order valence-corrected chi connectivity index (χ2v) is 3.76. The van der Waals surface area contributed by atoms with Gasteiger partial charge >= 0.3 is 0 Å². The van der Waals surface area contributed by atoms with E-state index in [4.69, 9.17) is 5.26 Å². The van der Waals surface area contributed by atoms with E-state index in [1.54, 1.807) is 20.8 Å². The Hall–Kier alpha value is -0.550. The van der Waals surface area contributed by atoms with Gasteiger partial charge in [0.15, 0.2) is 0 Å². The van der Waals surface area contributed by atoms with Crippen molar-refractivity contribution in [2.24, 2.45) is 5.41 Å². The topological polar surface area (TPSA) is 44.0 Å². The molecule has 0 saturated heterocycles. The fourth-order valence-corrected chi connectivity index (χ4v) is 0.920. The number of hydrogen-bond donors (Lipinski definition) is 1. The summed E-state index contributed by atoms with van der Waals surface area (Å²) < 4.78 is 0. The van der Waals surface area contributed by atoms with Crippen LogP contribution in [0.25, 0.3) is 0 Å². The number of hydrogen-bond acceptors (Lipinski definition) is 2. The molecule has 0 saturated carbocycles. The molecule has 0 aliphatic heterocycles. The fourth-order valence-electron chi connectivity index (χ4n) is 0.920. The van der Waals surface area contributed by atoms with E-state index in [2.05, 4.69) is 6.07 Å². The van der Waals surface area contributed by atoms with Gasteiger partial charge in [0.05, 0.1) is 17.1 Å². The number of nitriles is 1. The first-order valence-corrected chi connectivity index (χ1v) is 4.01. The third-order valence-electron chi connectivity index (χ3n) is 2.36. The Balaban J connectivity index is 4.42. The average Bonchev–Trinajstić information content (AvgIpc) is 1.87. The quantitative estimate of drug-likeness (QED) is 0.678. The van der Waals surface area contributed by atoms with Crippen molar-refractivity contribution in [3.63, 3.8) is 0 Å². The van der Waals surface area contributed by atoms with Gasteiger partial charge in [0.1, 0.15) is 0 Å². The highest BCUT2D eigenvalue weighted by atomic mass is 16.3. The van der Waals surface area contributed by atoms with E-state index in [0.717, 1.165) is 6.42 Å². The van der Waals surface area contributed by atoms with Crippen LogP contribution in [-0.4, -0.2) is 10.7 Å². The molecule has 0 rings (SSSR count). The Morgan fingerprint density at radius 1 is 1.36 bits per heavy atom. The molecule has 1 atom stereocenters. The molecule has 1 unspecified atom stereocenters. The molecule has 0 bridgehead atoms. The Kier molecular flexibility index (Phi) is 3.07. The van der Waals surface area contributed by atoms with Crippen LogP contribution in [0, 0.1) is 16.7 Å². The molecule has 0 aliphatic carbocycles. The molecule has 0 aromatic rings. The summed E-state index contributed by atoms with van der Waals surface area (Å²) in [4.78, 5) is 0. The summed E-state index contributed by atoms with van der Waals surface area (Å²) in [6, 6.07) is 2.12. The van der Waals surface area contributed by atoms with Gasteiger partial charge in [0, 0.05) is 0 Å². The van der Waals surface area contributed by atoms with E-state index in [1.165, 1.54) is 0 Å². The minimum absolute atomic E-state index is 0.650. The fraction of sp³-hybridized carbons (Fsp3) is 0.889. The van der Waals surface area contributed by atoms with Gasteiger partial charge in [0.25, 0.3) is 0 Å². The molecule has 64 valence electrons. The molecule has 2 nitrogen and oxygen atoms in total. The van der Waals surface area contributed by atoms with Crippen molar-refractivity contribution in [2.75, 3.05) is 0 Å². The molecule has 0 spiro atoms. The van der Waals surface area contributed by atoms with E-state index in [0.29, 0.717) is 6.42 Å². The second-order valence-electron chi connectivity index (χ2n) is 3.76. The highest BCUT2D eigenvalue weighted by Gasteiger charge is 2.38. The van der Waals surface area contributed by atoms with E-state index >= 15 is 0 Å². The summed E-state index contributed by atoms with van der Waals surface area (Å²) in [5.41, 5.74) is -1.51. The van der Waals surface area contributed by atoms with Crippen LogP contribution in [-0.2, 0) is 0 Å². The lowest BCUT2D eigenvalue weighted by molar-refractivity contribution is -0.0290. The van der Waals surface area contributed by atoms with Gasteiger partial charge in [-0.15, -0.1) is 0 Å². The van der Waals surface area contributed by atoms with Gasteiger partial charge in [-0.05, 0) is 27.2 Å². The Morgan fingerprint density at radius 2 is 1.82 bits per heavy atom. The highest BCUT2D eigenvalue weighted by Crippen LogP contribution is 2.33. The summed E-state index contributed by atoms with van der Waals surface area (Å²) in [5.74, 6) is 0. The SMILES string of the molecule is CCCC(C)(O)C(C)(C)C#N. The van der Waals surface area contributed by atoms with Gasteiger partial charge in [-0.3, -0.25) is 0 Å². The van der Waals surface area contributed by atoms with Crippen LogP contribution in [0.3, 0.4) is 0 Å². The van der Waals surface area contributed by atoms with Gasteiger partial charge < -0.3 is 5.11 Å². The monoisotopic (exact) mass is 155 g/mol. The van der Waals surface area contributed by atoms with Crippen molar-refractivity contribution in [1.82, 2.24) is 0 Å². The van der Waals surface area contributed by atoms with Gasteiger partial charge in [0.2, 0.25) is 0 Å². The lowest BCUT2D eigenvalue weighted by atomic mass is 9.75. The maximum Gasteiger partial charge on any atom is 0.0801 e. The van der Waals surface area contributed by atoms with Gasteiger partial charge in [-0.2, -0.15) is 5.26 Å². The largest absolute Gasteiger partial charge is 0.389 e. The van der Waals surface area contributed by atoms with Crippen LogP contribution in [0.4, 0.5) is 0 Å². The van der Waals surface area contributed by atoms with Crippen LogP contribution in [0.15, 0.2) is 0 Å². The zero-order chi connectivity index (χ0) is 9.12. The summed E-state index contributed by atoms with van der Waals surface area (Å²) in [7, 11) is 0. The van der Waals surface area contributed by atoms with Crippen molar-refractivity contribution in [1.29, 1.82) is 5.26 Å². The zero-order valence-corrected chi connectivity index (χ0v) is 7.81. The third kappa shape index (κ3) is 2.20. The van der Waals surface area contributed by atoms with Gasteiger partial charge in [-0.1, -0.05) is 13.3 Å². The molecular formula is C9H17NO. The van der Waals surface area contributed by atoms with E-state index < -0.39 is 11.0 Å². The normalized spacial score (nSPS) is 17.1. The predicted octanol–water partition coefficient (Wildman–Crippen LogP) is 2.09. The summed E-state index contributed by atoms with van der Waals surface area (Å²) in [5, 5.41) is 18.6. The molecule has 1 N–H and O–H groups in total. The average molecular weight is 155 g/mol. The van der Waals surface area contributed by atoms with Crippen LogP contribution in [0.1, 0.15) is 40.5 Å². The van der Waals surface area contributed by atoms with Crippen molar-refractivity contribution in [3.05, 3.63) is 0 Å². The number of rotatable bonds is 3. The standard InChI is InChI=1S/C9H17NO/c1-5-6-9(4,11)8(2,3)7-10/h11H,5-6H2,1-4H3. The maximum absolute atomic E-state index is 9.82. The molecule has 0 aromatic heterocycles. The molecule has 0 aliphatic rings. The van der Waals surface area contributed by atoms with E-state index in [1.807, 2.05) is 6.92 Å². The van der Waals surface area contributed by atoms with Crippen molar-refractivity contribution >= 4 is 0 Å². The first-order chi connectivity index (χ1) is 4.87. The number of nitrogens with zero attached hydrogens (tertiary/aromatic N) is 1. The smallest absolute Gasteiger partial charge is 0.0801 e. The molecule has 0 aromatic carbocycles. The zero-order valence-electron chi connectivity index (χ0n) is 7.81. The third-order valence-corrected chi connectivity index (χ3v) is 2.36. The minimum Gasteiger partial charge on any atom is -0.389 e. The molecule has 0 fully saturated rings. The maximum atomic E-state index is 9.82. The second kappa shape index (κ2) is 3.23. The Labute approximate surface area is 68.8 Å². The van der Waals surface area contributed by atoms with E-state index in [9.17, 15) is 5.11 Å².